The van der Waals surface area contributed by atoms with Gasteiger partial charge in [0.15, 0.2) is 0 Å². The quantitative estimate of drug-likeness (QED) is 0.540. The van der Waals surface area contributed by atoms with Crippen molar-refractivity contribution < 1.29 is 0 Å². The summed E-state index contributed by atoms with van der Waals surface area (Å²) in [5.74, 6) is 0. The highest BCUT2D eigenvalue weighted by atomic mass is 14.7. The van der Waals surface area contributed by atoms with Gasteiger partial charge in [0.05, 0.1) is 5.69 Å². The first-order chi connectivity index (χ1) is 10.8. The first-order valence-electron chi connectivity index (χ1n) is 7.26. The fourth-order valence-corrected chi connectivity index (χ4v) is 1.84. The van der Waals surface area contributed by atoms with E-state index in [0.29, 0.717) is 0 Å². The van der Waals surface area contributed by atoms with Gasteiger partial charge in [0.1, 0.15) is 0 Å². The molecule has 2 heteroatoms. The number of nitrogen functional groups attached to an aromatic ring is 1. The van der Waals surface area contributed by atoms with Crippen molar-refractivity contribution in [2.75, 3.05) is 5.73 Å². The third kappa shape index (κ3) is 6.06. The van der Waals surface area contributed by atoms with Crippen molar-refractivity contribution in [3.63, 3.8) is 0 Å². The third-order valence-corrected chi connectivity index (χ3v) is 2.97. The molecule has 0 aliphatic rings. The second-order valence-electron chi connectivity index (χ2n) is 4.75. The predicted molar refractivity (Wildman–Crippen MR) is 95.6 cm³/mol. The molecule has 0 bridgehead atoms. The Labute approximate surface area is 132 Å². The Morgan fingerprint density at radius 3 is 1.68 bits per heavy atom. The van der Waals surface area contributed by atoms with Crippen LogP contribution in [0.4, 0.5) is 11.4 Å². The van der Waals surface area contributed by atoms with E-state index < -0.39 is 0 Å². The Morgan fingerprint density at radius 1 is 0.682 bits per heavy atom. The highest BCUT2D eigenvalue weighted by Crippen LogP contribution is 2.09. The van der Waals surface area contributed by atoms with Gasteiger partial charge in [-0.3, -0.25) is 4.99 Å². The molecule has 2 N–H and O–H groups in total. The molecule has 3 aromatic rings. The van der Waals surface area contributed by atoms with Crippen LogP contribution in [0.25, 0.3) is 0 Å². The maximum Gasteiger partial charge on any atom is 0.0625 e. The molecule has 0 saturated heterocycles. The molecule has 3 rings (SSSR count). The van der Waals surface area contributed by atoms with Crippen LogP contribution in [0.15, 0.2) is 96.0 Å². The Balaban J connectivity index is 0.000000211. The van der Waals surface area contributed by atoms with Gasteiger partial charge in [0.2, 0.25) is 0 Å². The molecule has 3 aromatic carbocycles. The molecule has 2 nitrogen and oxygen atoms in total. The number of nitrogens with zero attached hydrogens (tertiary/aromatic N) is 1. The van der Waals surface area contributed by atoms with Gasteiger partial charge in [-0.2, -0.15) is 0 Å². The molecule has 0 aromatic heterocycles. The fourth-order valence-electron chi connectivity index (χ4n) is 1.84. The molecule has 0 amide bonds. The SMILES string of the molecule is C(Cc1ccccc1)=Nc1ccccc1.Nc1ccccc1. The van der Waals surface area contributed by atoms with E-state index in [2.05, 4.69) is 17.1 Å². The fraction of sp³-hybridized carbons (Fsp3) is 0.0500. The molecule has 0 radical (unpaired) electrons. The Morgan fingerprint density at radius 2 is 1.18 bits per heavy atom. The molecule has 0 fully saturated rings. The van der Waals surface area contributed by atoms with Gasteiger partial charge in [-0.1, -0.05) is 66.7 Å². The third-order valence-electron chi connectivity index (χ3n) is 2.97. The van der Waals surface area contributed by atoms with E-state index in [4.69, 9.17) is 5.73 Å². The van der Waals surface area contributed by atoms with E-state index in [1.54, 1.807) is 0 Å². The molecule has 0 spiro atoms. The van der Waals surface area contributed by atoms with Gasteiger partial charge in [-0.25, -0.2) is 0 Å². The van der Waals surface area contributed by atoms with Crippen molar-refractivity contribution in [2.24, 2.45) is 4.99 Å². The summed E-state index contributed by atoms with van der Waals surface area (Å²) in [5.41, 5.74) is 8.48. The van der Waals surface area contributed by atoms with E-state index in [0.717, 1.165) is 17.8 Å². The number of rotatable bonds is 3. The Bertz CT molecular complexity index is 662. The largest absolute Gasteiger partial charge is 0.399 e. The Hall–Kier alpha value is -2.87. The molecule has 0 aliphatic carbocycles. The van der Waals surface area contributed by atoms with E-state index in [-0.39, 0.29) is 0 Å². The molecular formula is C20H20N2. The van der Waals surface area contributed by atoms with E-state index in [9.17, 15) is 0 Å². The first-order valence-corrected chi connectivity index (χ1v) is 7.26. The van der Waals surface area contributed by atoms with Crippen molar-refractivity contribution in [3.8, 4) is 0 Å². The van der Waals surface area contributed by atoms with Gasteiger partial charge < -0.3 is 5.73 Å². The summed E-state index contributed by atoms with van der Waals surface area (Å²) in [6.07, 6.45) is 2.83. The van der Waals surface area contributed by atoms with Gasteiger partial charge in [0.25, 0.3) is 0 Å². The minimum Gasteiger partial charge on any atom is -0.399 e. The van der Waals surface area contributed by atoms with Gasteiger partial charge in [0, 0.05) is 18.3 Å². The topological polar surface area (TPSA) is 38.4 Å². The number of nitrogens with two attached hydrogens (primary N) is 1. The minimum atomic E-state index is 0.822. The molecule has 0 aliphatic heterocycles. The first kappa shape index (κ1) is 15.5. The van der Waals surface area contributed by atoms with Gasteiger partial charge >= 0.3 is 0 Å². The zero-order valence-electron chi connectivity index (χ0n) is 12.5. The second-order valence-corrected chi connectivity index (χ2v) is 4.75. The van der Waals surface area contributed by atoms with Crippen molar-refractivity contribution in [1.82, 2.24) is 0 Å². The molecule has 110 valence electrons. The predicted octanol–water partition coefficient (Wildman–Crippen LogP) is 4.90. The van der Waals surface area contributed by atoms with Crippen LogP contribution >= 0.6 is 0 Å². The second kappa shape index (κ2) is 9.14. The summed E-state index contributed by atoms with van der Waals surface area (Å²) >= 11 is 0. The number of hydrogen-bond acceptors (Lipinski definition) is 2. The zero-order chi connectivity index (χ0) is 15.5. The summed E-state index contributed by atoms with van der Waals surface area (Å²) in [6.45, 7) is 0. The average Bonchev–Trinajstić information content (AvgIpc) is 2.58. The molecule has 0 atom stereocenters. The number of benzene rings is 3. The molecule has 22 heavy (non-hydrogen) atoms. The lowest BCUT2D eigenvalue weighted by atomic mass is 10.2. The summed E-state index contributed by atoms with van der Waals surface area (Å²) in [4.78, 5) is 4.38. The van der Waals surface area contributed by atoms with Crippen LogP contribution < -0.4 is 5.73 Å². The van der Waals surface area contributed by atoms with Crippen molar-refractivity contribution in [1.29, 1.82) is 0 Å². The Kier molecular flexibility index (Phi) is 6.44. The molecule has 0 heterocycles. The molecular weight excluding hydrogens is 268 g/mol. The minimum absolute atomic E-state index is 0.822. The number of para-hydroxylation sites is 2. The van der Waals surface area contributed by atoms with Crippen molar-refractivity contribution >= 4 is 17.6 Å². The summed E-state index contributed by atoms with van der Waals surface area (Å²) < 4.78 is 0. The molecule has 0 saturated carbocycles. The number of anilines is 1. The average molecular weight is 288 g/mol. The van der Waals surface area contributed by atoms with Gasteiger partial charge in [-0.15, -0.1) is 0 Å². The summed E-state index contributed by atoms with van der Waals surface area (Å²) in [6, 6.07) is 29.8. The highest BCUT2D eigenvalue weighted by Gasteiger charge is 1.87. The van der Waals surface area contributed by atoms with Crippen LogP contribution in [0.5, 0.6) is 0 Å². The smallest absolute Gasteiger partial charge is 0.0625 e. The lowest BCUT2D eigenvalue weighted by molar-refractivity contribution is 1.34. The van der Waals surface area contributed by atoms with Crippen LogP contribution in [-0.4, -0.2) is 6.21 Å². The van der Waals surface area contributed by atoms with E-state index in [1.165, 1.54) is 5.56 Å². The lowest BCUT2D eigenvalue weighted by Gasteiger charge is -1.94. The van der Waals surface area contributed by atoms with Gasteiger partial charge in [-0.05, 0) is 29.8 Å². The maximum absolute atomic E-state index is 5.36. The highest BCUT2D eigenvalue weighted by molar-refractivity contribution is 5.66. The number of hydrogen-bond donors (Lipinski definition) is 1. The van der Waals surface area contributed by atoms with Crippen LogP contribution in [0.1, 0.15) is 5.56 Å². The normalized spacial score (nSPS) is 10.0. The van der Waals surface area contributed by atoms with Crippen molar-refractivity contribution in [3.05, 3.63) is 96.6 Å². The molecule has 0 unspecified atom stereocenters. The summed E-state index contributed by atoms with van der Waals surface area (Å²) in [5, 5.41) is 0. The van der Waals surface area contributed by atoms with Crippen LogP contribution in [-0.2, 0) is 6.42 Å². The number of aliphatic imine (C=N–C) groups is 1. The van der Waals surface area contributed by atoms with Crippen LogP contribution in [0.3, 0.4) is 0 Å². The van der Waals surface area contributed by atoms with E-state index >= 15 is 0 Å². The van der Waals surface area contributed by atoms with E-state index in [1.807, 2.05) is 85.1 Å². The van der Waals surface area contributed by atoms with Crippen LogP contribution in [0.2, 0.25) is 0 Å². The zero-order valence-corrected chi connectivity index (χ0v) is 12.5. The standard InChI is InChI=1S/C14H13N.C6H7N/c1-3-7-13(8-4-1)11-12-15-14-9-5-2-6-10-14;7-6-4-2-1-3-5-6/h1-10,12H,11H2;1-5H,7H2. The summed E-state index contributed by atoms with van der Waals surface area (Å²) in [7, 11) is 0. The maximum atomic E-state index is 5.36. The van der Waals surface area contributed by atoms with Crippen LogP contribution in [0, 0.1) is 0 Å². The monoisotopic (exact) mass is 288 g/mol. The van der Waals surface area contributed by atoms with Crippen molar-refractivity contribution in [2.45, 2.75) is 6.42 Å². The lowest BCUT2D eigenvalue weighted by Crippen LogP contribution is -1.83.